The molecule has 8 nitrogen and oxygen atoms in total. The highest BCUT2D eigenvalue weighted by atomic mass is 32.2. The molecule has 1 aliphatic heterocycles. The first-order valence-corrected chi connectivity index (χ1v) is 11.0. The third-order valence-corrected chi connectivity index (χ3v) is 7.22. The summed E-state index contributed by atoms with van der Waals surface area (Å²) in [7, 11) is -3.97. The van der Waals surface area contributed by atoms with E-state index in [0.717, 1.165) is 6.07 Å². The van der Waals surface area contributed by atoms with Gasteiger partial charge >= 0.3 is 0 Å². The van der Waals surface area contributed by atoms with Crippen LogP contribution in [0.15, 0.2) is 53.4 Å². The lowest BCUT2D eigenvalue weighted by Gasteiger charge is -2.35. The van der Waals surface area contributed by atoms with Gasteiger partial charge in [-0.15, -0.1) is 0 Å². The molecule has 0 aliphatic carbocycles. The molecular formula is C20H25N3O5S. The smallest absolute Gasteiger partial charge is 0.293 e. The minimum Gasteiger partial charge on any atom is -0.391 e. The summed E-state index contributed by atoms with van der Waals surface area (Å²) in [5.41, 5.74) is 0.537. The molecular weight excluding hydrogens is 394 g/mol. The highest BCUT2D eigenvalue weighted by molar-refractivity contribution is 7.92. The molecule has 0 radical (unpaired) electrons. The molecule has 1 N–H and O–H groups in total. The normalized spacial score (nSPS) is 19.8. The van der Waals surface area contributed by atoms with Gasteiger partial charge in [0.25, 0.3) is 15.7 Å². The van der Waals surface area contributed by atoms with Crippen molar-refractivity contribution in [1.82, 2.24) is 0 Å². The van der Waals surface area contributed by atoms with Crippen LogP contribution in [0.4, 0.5) is 17.1 Å². The van der Waals surface area contributed by atoms with E-state index in [2.05, 4.69) is 0 Å². The van der Waals surface area contributed by atoms with Crippen LogP contribution in [0.2, 0.25) is 0 Å². The van der Waals surface area contributed by atoms with Crippen molar-refractivity contribution in [2.24, 2.45) is 5.92 Å². The van der Waals surface area contributed by atoms with Gasteiger partial charge in [-0.25, -0.2) is 8.42 Å². The molecule has 9 heteroatoms. The Kier molecular flexibility index (Phi) is 6.09. The van der Waals surface area contributed by atoms with Gasteiger partial charge in [0.1, 0.15) is 5.69 Å². The standard InChI is InChI=1S/C20H25N3O5S/c1-3-22(16-7-5-4-6-8-16)29(27,28)17-9-10-18(19(13-17)23(25)26)21-12-11-15(2)20(24)14-21/h4-10,13,15,20,24H,3,11-12,14H2,1-2H3. The fourth-order valence-corrected chi connectivity index (χ4v) is 5.05. The number of hydrogen-bond acceptors (Lipinski definition) is 6. The average Bonchev–Trinajstić information content (AvgIpc) is 2.70. The molecule has 0 bridgehead atoms. The number of aliphatic hydroxyl groups excluding tert-OH is 1. The number of sulfonamides is 1. The van der Waals surface area contributed by atoms with Crippen LogP contribution in [-0.2, 0) is 10.0 Å². The molecule has 0 spiro atoms. The zero-order valence-corrected chi connectivity index (χ0v) is 17.2. The van der Waals surface area contributed by atoms with E-state index < -0.39 is 21.1 Å². The lowest BCUT2D eigenvalue weighted by molar-refractivity contribution is -0.384. The number of rotatable bonds is 6. The van der Waals surface area contributed by atoms with Crippen LogP contribution >= 0.6 is 0 Å². The second-order valence-electron chi connectivity index (χ2n) is 7.19. The van der Waals surface area contributed by atoms with Crippen molar-refractivity contribution in [1.29, 1.82) is 0 Å². The molecule has 1 aliphatic rings. The molecule has 2 atom stereocenters. The van der Waals surface area contributed by atoms with E-state index in [4.69, 9.17) is 0 Å². The Morgan fingerprint density at radius 2 is 1.93 bits per heavy atom. The molecule has 0 amide bonds. The van der Waals surface area contributed by atoms with Crippen LogP contribution in [0, 0.1) is 16.0 Å². The lowest BCUT2D eigenvalue weighted by atomic mass is 9.95. The first-order valence-electron chi connectivity index (χ1n) is 9.55. The summed E-state index contributed by atoms with van der Waals surface area (Å²) in [5, 5.41) is 21.8. The van der Waals surface area contributed by atoms with Crippen LogP contribution in [0.1, 0.15) is 20.3 Å². The summed E-state index contributed by atoms with van der Waals surface area (Å²) in [4.78, 5) is 12.7. The fraction of sp³-hybridized carbons (Fsp3) is 0.400. The van der Waals surface area contributed by atoms with Crippen molar-refractivity contribution in [3.8, 4) is 0 Å². The Labute approximate surface area is 170 Å². The predicted molar refractivity (Wildman–Crippen MR) is 112 cm³/mol. The number of nitro benzene ring substituents is 1. The molecule has 1 heterocycles. The van der Waals surface area contributed by atoms with Gasteiger partial charge < -0.3 is 10.0 Å². The van der Waals surface area contributed by atoms with Crippen LogP contribution in [0.5, 0.6) is 0 Å². The summed E-state index contributed by atoms with van der Waals surface area (Å²) in [6.45, 7) is 4.69. The third-order valence-electron chi connectivity index (χ3n) is 5.32. The zero-order chi connectivity index (χ0) is 21.2. The van der Waals surface area contributed by atoms with Gasteiger partial charge in [0.15, 0.2) is 0 Å². The Morgan fingerprint density at radius 1 is 1.24 bits per heavy atom. The topological polar surface area (TPSA) is 104 Å². The number of nitro groups is 1. The Bertz CT molecular complexity index is 981. The quantitative estimate of drug-likeness (QED) is 0.570. The van der Waals surface area contributed by atoms with E-state index in [9.17, 15) is 23.6 Å². The predicted octanol–water partition coefficient (Wildman–Crippen LogP) is 3.02. The van der Waals surface area contributed by atoms with E-state index in [-0.39, 0.29) is 29.6 Å². The lowest BCUT2D eigenvalue weighted by Crippen LogP contribution is -2.43. The Balaban J connectivity index is 2.01. The van der Waals surface area contributed by atoms with Crippen LogP contribution in [-0.4, -0.2) is 44.2 Å². The number of benzene rings is 2. The average molecular weight is 420 g/mol. The van der Waals surface area contributed by atoms with Gasteiger partial charge in [-0.2, -0.15) is 0 Å². The second-order valence-corrected chi connectivity index (χ2v) is 9.05. The fourth-order valence-electron chi connectivity index (χ4n) is 3.56. The first kappa shape index (κ1) is 21.1. The molecule has 2 aromatic rings. The summed E-state index contributed by atoms with van der Waals surface area (Å²) in [6, 6.07) is 12.6. The van der Waals surface area contributed by atoms with Gasteiger partial charge in [-0.3, -0.25) is 14.4 Å². The van der Waals surface area contributed by atoms with E-state index in [0.29, 0.717) is 24.3 Å². The maximum Gasteiger partial charge on any atom is 0.293 e. The number of para-hydroxylation sites is 1. The molecule has 0 aromatic heterocycles. The van der Waals surface area contributed by atoms with E-state index in [1.54, 1.807) is 42.2 Å². The monoisotopic (exact) mass is 419 g/mol. The van der Waals surface area contributed by atoms with E-state index in [1.807, 2.05) is 6.92 Å². The summed E-state index contributed by atoms with van der Waals surface area (Å²) < 4.78 is 27.6. The molecule has 1 saturated heterocycles. The number of anilines is 2. The zero-order valence-electron chi connectivity index (χ0n) is 16.4. The molecule has 1 fully saturated rings. The second kappa shape index (κ2) is 8.38. The highest BCUT2D eigenvalue weighted by Gasteiger charge is 2.31. The molecule has 156 valence electrons. The number of hydrogen-bond donors (Lipinski definition) is 1. The van der Waals surface area contributed by atoms with Crippen LogP contribution in [0.3, 0.4) is 0 Å². The van der Waals surface area contributed by atoms with Crippen LogP contribution in [0.25, 0.3) is 0 Å². The maximum atomic E-state index is 13.2. The maximum absolute atomic E-state index is 13.2. The van der Waals surface area contributed by atoms with Crippen molar-refractivity contribution in [2.75, 3.05) is 28.8 Å². The van der Waals surface area contributed by atoms with Gasteiger partial charge in [-0.1, -0.05) is 25.1 Å². The Hall–Kier alpha value is -2.65. The summed E-state index contributed by atoms with van der Waals surface area (Å²) in [6.07, 6.45) is 0.121. The molecule has 2 aromatic carbocycles. The van der Waals surface area contributed by atoms with E-state index in [1.165, 1.54) is 16.4 Å². The Morgan fingerprint density at radius 3 is 2.52 bits per heavy atom. The SMILES string of the molecule is CCN(c1ccccc1)S(=O)(=O)c1ccc(N2CCC(C)C(O)C2)c([N+](=O)[O-])c1. The van der Waals surface area contributed by atoms with Crippen LogP contribution < -0.4 is 9.21 Å². The van der Waals surface area contributed by atoms with E-state index >= 15 is 0 Å². The highest BCUT2D eigenvalue weighted by Crippen LogP contribution is 2.35. The minimum absolute atomic E-state index is 0.119. The number of piperidine rings is 1. The molecule has 2 unspecified atom stereocenters. The first-order chi connectivity index (χ1) is 13.8. The number of aliphatic hydroxyl groups is 1. The van der Waals surface area contributed by atoms with Crippen molar-refractivity contribution >= 4 is 27.1 Å². The largest absolute Gasteiger partial charge is 0.391 e. The number of nitrogens with zero attached hydrogens (tertiary/aromatic N) is 3. The van der Waals surface area contributed by atoms with Gasteiger partial charge in [-0.05, 0) is 43.5 Å². The van der Waals surface area contributed by atoms with Gasteiger partial charge in [0.05, 0.1) is 21.6 Å². The van der Waals surface area contributed by atoms with Crippen molar-refractivity contribution in [3.05, 3.63) is 58.6 Å². The van der Waals surface area contributed by atoms with Crippen molar-refractivity contribution in [3.63, 3.8) is 0 Å². The van der Waals surface area contributed by atoms with Gasteiger partial charge in [0.2, 0.25) is 0 Å². The summed E-state index contributed by atoms with van der Waals surface area (Å²) >= 11 is 0. The van der Waals surface area contributed by atoms with Gasteiger partial charge in [0, 0.05) is 25.7 Å². The van der Waals surface area contributed by atoms with Crippen molar-refractivity contribution in [2.45, 2.75) is 31.3 Å². The molecule has 29 heavy (non-hydrogen) atoms. The minimum atomic E-state index is -3.97. The third kappa shape index (κ3) is 4.20. The molecule has 0 saturated carbocycles. The number of β-amino-alcohol motifs (C(OH)–C–C–N with tert-alkyl or cyclic N) is 1. The van der Waals surface area contributed by atoms with Crippen molar-refractivity contribution < 1.29 is 18.4 Å². The molecule has 3 rings (SSSR count). The summed E-state index contributed by atoms with van der Waals surface area (Å²) in [5.74, 6) is 0.119.